The Balaban J connectivity index is 1.63. The zero-order valence-corrected chi connectivity index (χ0v) is 18.5. The molecule has 0 saturated heterocycles. The molecule has 0 spiro atoms. The van der Waals surface area contributed by atoms with Crippen molar-refractivity contribution in [1.29, 1.82) is 0 Å². The summed E-state index contributed by atoms with van der Waals surface area (Å²) >= 11 is 3.44. The lowest BCUT2D eigenvalue weighted by Crippen LogP contribution is -2.30. The summed E-state index contributed by atoms with van der Waals surface area (Å²) in [7, 11) is 1.34. The number of rotatable bonds is 8. The van der Waals surface area contributed by atoms with Crippen LogP contribution in [-0.2, 0) is 4.74 Å². The van der Waals surface area contributed by atoms with E-state index in [9.17, 15) is 9.59 Å². The SMILES string of the molecule is COC(=O)c1ccc(OC(CCNC(=O)Nc2ccncc2)c2ccc(Br)cc2)cc1. The smallest absolute Gasteiger partial charge is 0.337 e. The van der Waals surface area contributed by atoms with Crippen LogP contribution in [0, 0.1) is 0 Å². The number of esters is 1. The molecule has 2 amide bonds. The highest BCUT2D eigenvalue weighted by Crippen LogP contribution is 2.26. The first-order valence-electron chi connectivity index (χ1n) is 9.60. The van der Waals surface area contributed by atoms with E-state index in [2.05, 4.69) is 31.5 Å². The maximum atomic E-state index is 12.1. The monoisotopic (exact) mass is 483 g/mol. The number of amides is 2. The summed E-state index contributed by atoms with van der Waals surface area (Å²) < 4.78 is 11.8. The number of hydrogen-bond acceptors (Lipinski definition) is 5. The van der Waals surface area contributed by atoms with E-state index in [-0.39, 0.29) is 12.1 Å². The van der Waals surface area contributed by atoms with Gasteiger partial charge >= 0.3 is 12.0 Å². The van der Waals surface area contributed by atoms with E-state index in [0.717, 1.165) is 10.0 Å². The van der Waals surface area contributed by atoms with Gasteiger partial charge in [0.25, 0.3) is 0 Å². The summed E-state index contributed by atoms with van der Waals surface area (Å²) in [6, 6.07) is 17.7. The number of anilines is 1. The molecule has 0 aliphatic heterocycles. The third kappa shape index (κ3) is 6.82. The van der Waals surface area contributed by atoms with Crippen molar-refractivity contribution in [2.75, 3.05) is 19.0 Å². The van der Waals surface area contributed by atoms with E-state index < -0.39 is 5.97 Å². The fourth-order valence-electron chi connectivity index (χ4n) is 2.85. The van der Waals surface area contributed by atoms with Crippen LogP contribution in [0.15, 0.2) is 77.5 Å². The van der Waals surface area contributed by atoms with Gasteiger partial charge in [0.1, 0.15) is 11.9 Å². The molecule has 0 fully saturated rings. The van der Waals surface area contributed by atoms with Crippen LogP contribution in [0.4, 0.5) is 10.5 Å². The van der Waals surface area contributed by atoms with E-state index in [1.807, 2.05) is 24.3 Å². The Bertz CT molecular complexity index is 996. The molecule has 3 aromatic rings. The number of methoxy groups -OCH3 is 1. The summed E-state index contributed by atoms with van der Waals surface area (Å²) in [5.74, 6) is 0.210. The number of carbonyl (C=O) groups excluding carboxylic acids is 2. The number of nitrogens with zero attached hydrogens (tertiary/aromatic N) is 1. The van der Waals surface area contributed by atoms with Gasteiger partial charge in [0.15, 0.2) is 0 Å². The number of pyridine rings is 1. The third-order valence-corrected chi connectivity index (χ3v) is 4.95. The van der Waals surface area contributed by atoms with E-state index in [4.69, 9.17) is 9.47 Å². The first-order chi connectivity index (χ1) is 15.0. The van der Waals surface area contributed by atoms with Gasteiger partial charge in [0, 0.05) is 35.5 Å². The second-order valence-electron chi connectivity index (χ2n) is 6.58. The molecular formula is C23H22BrN3O4. The Hall–Kier alpha value is -3.39. The summed E-state index contributed by atoms with van der Waals surface area (Å²) in [5.41, 5.74) is 2.08. The van der Waals surface area contributed by atoms with Crippen molar-refractivity contribution >= 4 is 33.6 Å². The van der Waals surface area contributed by atoms with Crippen molar-refractivity contribution in [3.05, 3.63) is 88.7 Å². The van der Waals surface area contributed by atoms with Gasteiger partial charge < -0.3 is 20.1 Å². The fraction of sp³-hybridized carbons (Fsp3) is 0.174. The third-order valence-electron chi connectivity index (χ3n) is 4.43. The highest BCUT2D eigenvalue weighted by molar-refractivity contribution is 9.10. The van der Waals surface area contributed by atoms with Gasteiger partial charge in [-0.25, -0.2) is 9.59 Å². The van der Waals surface area contributed by atoms with Crippen LogP contribution in [0.25, 0.3) is 0 Å². The van der Waals surface area contributed by atoms with Crippen LogP contribution in [0.3, 0.4) is 0 Å². The van der Waals surface area contributed by atoms with Crippen molar-refractivity contribution in [2.24, 2.45) is 0 Å². The predicted octanol–water partition coefficient (Wildman–Crippen LogP) is 4.96. The molecule has 2 N–H and O–H groups in total. The van der Waals surface area contributed by atoms with Crippen LogP contribution in [0.2, 0.25) is 0 Å². The number of carbonyl (C=O) groups is 2. The minimum absolute atomic E-state index is 0.293. The molecule has 3 rings (SSSR count). The van der Waals surface area contributed by atoms with Crippen molar-refractivity contribution in [1.82, 2.24) is 10.3 Å². The molecule has 1 heterocycles. The number of urea groups is 1. The average molecular weight is 484 g/mol. The van der Waals surface area contributed by atoms with Gasteiger partial charge in [-0.3, -0.25) is 4.98 Å². The van der Waals surface area contributed by atoms with Gasteiger partial charge in [-0.05, 0) is 54.1 Å². The normalized spacial score (nSPS) is 11.3. The number of hydrogen-bond donors (Lipinski definition) is 2. The lowest BCUT2D eigenvalue weighted by atomic mass is 10.1. The highest BCUT2D eigenvalue weighted by atomic mass is 79.9. The molecule has 0 radical (unpaired) electrons. The molecule has 0 bridgehead atoms. The summed E-state index contributed by atoms with van der Waals surface area (Å²) in [6.45, 7) is 0.401. The lowest BCUT2D eigenvalue weighted by Gasteiger charge is -2.20. The van der Waals surface area contributed by atoms with Crippen LogP contribution < -0.4 is 15.4 Å². The van der Waals surface area contributed by atoms with Gasteiger partial charge in [-0.2, -0.15) is 0 Å². The molecule has 160 valence electrons. The Morgan fingerprint density at radius 3 is 2.32 bits per heavy atom. The molecule has 0 aliphatic rings. The van der Waals surface area contributed by atoms with Crippen molar-refractivity contribution in [3.63, 3.8) is 0 Å². The van der Waals surface area contributed by atoms with Crippen LogP contribution in [0.5, 0.6) is 5.75 Å². The number of aromatic nitrogens is 1. The summed E-state index contributed by atoms with van der Waals surface area (Å²) in [4.78, 5) is 27.7. The largest absolute Gasteiger partial charge is 0.486 e. The van der Waals surface area contributed by atoms with Crippen molar-refractivity contribution in [2.45, 2.75) is 12.5 Å². The Kier molecular flexibility index (Phi) is 8.00. The molecule has 0 saturated carbocycles. The highest BCUT2D eigenvalue weighted by Gasteiger charge is 2.15. The second-order valence-corrected chi connectivity index (χ2v) is 7.50. The van der Waals surface area contributed by atoms with Gasteiger partial charge in [0.05, 0.1) is 12.7 Å². The quantitative estimate of drug-likeness (QED) is 0.441. The topological polar surface area (TPSA) is 89.5 Å². The summed E-state index contributed by atoms with van der Waals surface area (Å²) in [5, 5.41) is 5.59. The second kappa shape index (κ2) is 11.1. The standard InChI is InChI=1S/C23H22BrN3O4/c1-30-22(28)17-4-8-20(9-5-17)31-21(16-2-6-18(24)7-3-16)12-15-26-23(29)27-19-10-13-25-14-11-19/h2-11,13-14,21H,12,15H2,1H3,(H2,25,26,27,29). The molecule has 0 aliphatic carbocycles. The zero-order chi connectivity index (χ0) is 22.1. The number of ether oxygens (including phenoxy) is 2. The Labute approximate surface area is 188 Å². The summed E-state index contributed by atoms with van der Waals surface area (Å²) in [6.07, 6.45) is 3.47. The van der Waals surface area contributed by atoms with E-state index in [1.165, 1.54) is 7.11 Å². The van der Waals surface area contributed by atoms with Gasteiger partial charge in [-0.1, -0.05) is 28.1 Å². The molecule has 1 unspecified atom stereocenters. The minimum Gasteiger partial charge on any atom is -0.486 e. The Morgan fingerprint density at radius 2 is 1.68 bits per heavy atom. The predicted molar refractivity (Wildman–Crippen MR) is 121 cm³/mol. The number of nitrogens with one attached hydrogen (secondary N) is 2. The first-order valence-corrected chi connectivity index (χ1v) is 10.4. The van der Waals surface area contributed by atoms with E-state index in [0.29, 0.717) is 30.0 Å². The molecule has 8 heteroatoms. The average Bonchev–Trinajstić information content (AvgIpc) is 2.79. The Morgan fingerprint density at radius 1 is 1.00 bits per heavy atom. The molecule has 2 aromatic carbocycles. The maximum absolute atomic E-state index is 12.1. The van der Waals surface area contributed by atoms with Gasteiger partial charge in [0.2, 0.25) is 0 Å². The van der Waals surface area contributed by atoms with Gasteiger partial charge in [-0.15, -0.1) is 0 Å². The minimum atomic E-state index is -0.402. The first kappa shape index (κ1) is 22.3. The lowest BCUT2D eigenvalue weighted by molar-refractivity contribution is 0.0600. The molecule has 1 aromatic heterocycles. The van der Waals surface area contributed by atoms with Crippen LogP contribution in [-0.4, -0.2) is 30.6 Å². The molecule has 31 heavy (non-hydrogen) atoms. The molecule has 1 atom stereocenters. The molecular weight excluding hydrogens is 462 g/mol. The van der Waals surface area contributed by atoms with Crippen molar-refractivity contribution in [3.8, 4) is 5.75 Å². The van der Waals surface area contributed by atoms with Crippen LogP contribution in [0.1, 0.15) is 28.4 Å². The number of halogens is 1. The van der Waals surface area contributed by atoms with Crippen molar-refractivity contribution < 1.29 is 19.1 Å². The van der Waals surface area contributed by atoms with Crippen LogP contribution >= 0.6 is 15.9 Å². The number of benzene rings is 2. The zero-order valence-electron chi connectivity index (χ0n) is 16.9. The molecule has 7 nitrogen and oxygen atoms in total. The van der Waals surface area contributed by atoms with E-state index in [1.54, 1.807) is 48.8 Å². The van der Waals surface area contributed by atoms with E-state index >= 15 is 0 Å². The fourth-order valence-corrected chi connectivity index (χ4v) is 3.11. The maximum Gasteiger partial charge on any atom is 0.337 e.